The van der Waals surface area contributed by atoms with Crippen molar-refractivity contribution in [3.8, 4) is 0 Å². The summed E-state index contributed by atoms with van der Waals surface area (Å²) in [6.45, 7) is 5.16. The molecule has 17 heavy (non-hydrogen) atoms. The van der Waals surface area contributed by atoms with E-state index in [1.807, 2.05) is 44.3 Å². The highest BCUT2D eigenvalue weighted by Gasteiger charge is 2.11. The lowest BCUT2D eigenvalue weighted by Gasteiger charge is -2.17. The number of hydrogen-bond acceptors (Lipinski definition) is 3. The van der Waals surface area contributed by atoms with Crippen molar-refractivity contribution in [2.24, 2.45) is 0 Å². The van der Waals surface area contributed by atoms with E-state index in [0.29, 0.717) is 13.2 Å². The van der Waals surface area contributed by atoms with E-state index in [9.17, 15) is 0 Å². The number of benzene rings is 1. The first-order chi connectivity index (χ1) is 8.35. The third-order valence-electron chi connectivity index (χ3n) is 2.52. The lowest BCUT2D eigenvalue weighted by Crippen LogP contribution is -2.09. The maximum absolute atomic E-state index is 5.56. The summed E-state index contributed by atoms with van der Waals surface area (Å²) in [5.74, 6) is 0. The minimum absolute atomic E-state index is 0.317. The molecule has 0 N–H and O–H groups in total. The van der Waals surface area contributed by atoms with Crippen molar-refractivity contribution >= 4 is 10.9 Å². The van der Waals surface area contributed by atoms with E-state index in [1.165, 1.54) is 0 Å². The quantitative estimate of drug-likeness (QED) is 0.740. The van der Waals surface area contributed by atoms with Crippen molar-refractivity contribution in [2.45, 2.75) is 20.1 Å². The van der Waals surface area contributed by atoms with Gasteiger partial charge in [-0.05, 0) is 26.0 Å². The molecule has 1 heterocycles. The molecule has 0 fully saturated rings. The number of rotatable bonds is 5. The van der Waals surface area contributed by atoms with E-state index in [-0.39, 0.29) is 6.29 Å². The topological polar surface area (TPSA) is 31.4 Å². The van der Waals surface area contributed by atoms with Crippen LogP contribution in [0.2, 0.25) is 0 Å². The van der Waals surface area contributed by atoms with Gasteiger partial charge < -0.3 is 9.47 Å². The second-order valence-electron chi connectivity index (χ2n) is 3.70. The van der Waals surface area contributed by atoms with Gasteiger partial charge in [0.15, 0.2) is 6.29 Å². The number of pyridine rings is 1. The Balaban J connectivity index is 2.32. The molecule has 0 unspecified atom stereocenters. The van der Waals surface area contributed by atoms with Crippen molar-refractivity contribution in [1.82, 2.24) is 4.98 Å². The summed E-state index contributed by atoms with van der Waals surface area (Å²) in [4.78, 5) is 4.41. The van der Waals surface area contributed by atoms with Gasteiger partial charge in [0.05, 0.1) is 5.52 Å². The van der Waals surface area contributed by atoms with E-state index < -0.39 is 0 Å². The fourth-order valence-corrected chi connectivity index (χ4v) is 1.76. The smallest absolute Gasteiger partial charge is 0.185 e. The summed E-state index contributed by atoms with van der Waals surface area (Å²) in [5.41, 5.74) is 1.95. The van der Waals surface area contributed by atoms with Crippen molar-refractivity contribution in [2.75, 3.05) is 13.2 Å². The standard InChI is InChI=1S/C14H17NO2/c1-3-16-14(17-4-2)12-9-11-7-5-6-8-13(11)15-10-12/h5-10,14H,3-4H2,1-2H3. The van der Waals surface area contributed by atoms with Crippen LogP contribution in [0.4, 0.5) is 0 Å². The van der Waals surface area contributed by atoms with Gasteiger partial charge in [0, 0.05) is 30.4 Å². The van der Waals surface area contributed by atoms with E-state index in [1.54, 1.807) is 0 Å². The molecule has 0 aliphatic rings. The number of fused-ring (bicyclic) bond motifs is 1. The first-order valence-electron chi connectivity index (χ1n) is 5.93. The highest BCUT2D eigenvalue weighted by atomic mass is 16.7. The molecule has 0 bridgehead atoms. The molecule has 0 saturated heterocycles. The first kappa shape index (κ1) is 12.0. The van der Waals surface area contributed by atoms with Crippen LogP contribution >= 0.6 is 0 Å². The maximum atomic E-state index is 5.56. The Morgan fingerprint density at radius 2 is 1.82 bits per heavy atom. The predicted molar refractivity (Wildman–Crippen MR) is 67.7 cm³/mol. The molecule has 0 aliphatic heterocycles. The van der Waals surface area contributed by atoms with Crippen LogP contribution in [0.1, 0.15) is 25.7 Å². The van der Waals surface area contributed by atoms with Crippen LogP contribution in [0, 0.1) is 0 Å². The van der Waals surface area contributed by atoms with Crippen molar-refractivity contribution in [1.29, 1.82) is 0 Å². The molecule has 2 aromatic rings. The van der Waals surface area contributed by atoms with Gasteiger partial charge in [-0.1, -0.05) is 18.2 Å². The molecule has 2 rings (SSSR count). The average molecular weight is 231 g/mol. The summed E-state index contributed by atoms with van der Waals surface area (Å²) in [6.07, 6.45) is 1.50. The van der Waals surface area contributed by atoms with Crippen LogP contribution in [-0.4, -0.2) is 18.2 Å². The minimum Gasteiger partial charge on any atom is -0.349 e. The Bertz CT molecular complexity index is 478. The van der Waals surface area contributed by atoms with E-state index in [4.69, 9.17) is 9.47 Å². The minimum atomic E-state index is -0.317. The number of hydrogen-bond donors (Lipinski definition) is 0. The summed E-state index contributed by atoms with van der Waals surface area (Å²) in [6, 6.07) is 10.1. The van der Waals surface area contributed by atoms with Gasteiger partial charge in [0.25, 0.3) is 0 Å². The van der Waals surface area contributed by atoms with E-state index >= 15 is 0 Å². The third kappa shape index (κ3) is 2.81. The highest BCUT2D eigenvalue weighted by molar-refractivity contribution is 5.78. The zero-order valence-corrected chi connectivity index (χ0v) is 10.2. The SMILES string of the molecule is CCOC(OCC)c1cnc2ccccc2c1. The van der Waals surface area contributed by atoms with Gasteiger partial charge in [-0.15, -0.1) is 0 Å². The lowest BCUT2D eigenvalue weighted by atomic mass is 10.1. The lowest BCUT2D eigenvalue weighted by molar-refractivity contribution is -0.140. The van der Waals surface area contributed by atoms with Crippen molar-refractivity contribution in [3.63, 3.8) is 0 Å². The summed E-state index contributed by atoms with van der Waals surface area (Å²) in [7, 11) is 0. The first-order valence-corrected chi connectivity index (χ1v) is 5.93. The molecule has 0 atom stereocenters. The zero-order chi connectivity index (χ0) is 12.1. The second kappa shape index (κ2) is 5.75. The number of nitrogens with zero attached hydrogens (tertiary/aromatic N) is 1. The Morgan fingerprint density at radius 3 is 2.53 bits per heavy atom. The predicted octanol–water partition coefficient (Wildman–Crippen LogP) is 3.31. The number of aromatic nitrogens is 1. The van der Waals surface area contributed by atoms with Gasteiger partial charge in [0.2, 0.25) is 0 Å². The number of para-hydroxylation sites is 1. The fourth-order valence-electron chi connectivity index (χ4n) is 1.76. The summed E-state index contributed by atoms with van der Waals surface area (Å²) < 4.78 is 11.1. The van der Waals surface area contributed by atoms with Gasteiger partial charge >= 0.3 is 0 Å². The number of ether oxygens (including phenoxy) is 2. The van der Waals surface area contributed by atoms with Crippen LogP contribution in [0.5, 0.6) is 0 Å². The van der Waals surface area contributed by atoms with Crippen LogP contribution in [0.3, 0.4) is 0 Å². The molecule has 0 radical (unpaired) electrons. The molecule has 3 heteroatoms. The van der Waals surface area contributed by atoms with Gasteiger partial charge in [-0.3, -0.25) is 4.98 Å². The van der Waals surface area contributed by atoms with Crippen LogP contribution < -0.4 is 0 Å². The molecule has 0 aliphatic carbocycles. The molecule has 90 valence electrons. The molecular weight excluding hydrogens is 214 g/mol. The third-order valence-corrected chi connectivity index (χ3v) is 2.52. The molecule has 0 saturated carbocycles. The van der Waals surface area contributed by atoms with Gasteiger partial charge in [0.1, 0.15) is 0 Å². The van der Waals surface area contributed by atoms with Crippen molar-refractivity contribution < 1.29 is 9.47 Å². The van der Waals surface area contributed by atoms with Crippen LogP contribution in [-0.2, 0) is 9.47 Å². The fraction of sp³-hybridized carbons (Fsp3) is 0.357. The summed E-state index contributed by atoms with van der Waals surface area (Å²) >= 11 is 0. The Labute approximate surface area is 101 Å². The molecule has 0 spiro atoms. The highest BCUT2D eigenvalue weighted by Crippen LogP contribution is 2.21. The Kier molecular flexibility index (Phi) is 4.07. The molecule has 1 aromatic heterocycles. The van der Waals surface area contributed by atoms with Crippen LogP contribution in [0.25, 0.3) is 10.9 Å². The largest absolute Gasteiger partial charge is 0.349 e. The zero-order valence-electron chi connectivity index (χ0n) is 10.2. The second-order valence-corrected chi connectivity index (χ2v) is 3.70. The van der Waals surface area contributed by atoms with E-state index in [0.717, 1.165) is 16.5 Å². The van der Waals surface area contributed by atoms with Crippen molar-refractivity contribution in [3.05, 3.63) is 42.1 Å². The van der Waals surface area contributed by atoms with Gasteiger partial charge in [-0.2, -0.15) is 0 Å². The Morgan fingerprint density at radius 1 is 1.12 bits per heavy atom. The van der Waals surface area contributed by atoms with Gasteiger partial charge in [-0.25, -0.2) is 0 Å². The summed E-state index contributed by atoms with van der Waals surface area (Å²) in [5, 5.41) is 1.11. The molecule has 3 nitrogen and oxygen atoms in total. The maximum Gasteiger partial charge on any atom is 0.185 e. The monoisotopic (exact) mass is 231 g/mol. The van der Waals surface area contributed by atoms with E-state index in [2.05, 4.69) is 11.1 Å². The van der Waals surface area contributed by atoms with Crippen LogP contribution in [0.15, 0.2) is 36.5 Å². The normalized spacial score (nSPS) is 11.2. The molecule has 1 aromatic carbocycles. The average Bonchev–Trinajstić information content (AvgIpc) is 2.38. The molecular formula is C14H17NO2. The Hall–Kier alpha value is -1.45. The molecule has 0 amide bonds.